The Morgan fingerprint density at radius 3 is 2.67 bits per heavy atom. The van der Waals surface area contributed by atoms with Crippen molar-refractivity contribution in [1.29, 1.82) is 0 Å². The van der Waals surface area contributed by atoms with Crippen LogP contribution in [-0.2, 0) is 0 Å². The molecule has 64 valence electrons. The Balaban J connectivity index is 3.09. The molecule has 0 bridgehead atoms. The number of rotatable bonds is 2. The molecule has 0 amide bonds. The highest BCUT2D eigenvalue weighted by Crippen LogP contribution is 2.16. The van der Waals surface area contributed by atoms with Crippen LogP contribution in [0.25, 0.3) is 0 Å². The minimum absolute atomic E-state index is 0.208. The molecule has 0 spiro atoms. The number of ketones is 1. The van der Waals surface area contributed by atoms with Crippen LogP contribution in [-0.4, -0.2) is 5.78 Å². The summed E-state index contributed by atoms with van der Waals surface area (Å²) in [5.41, 5.74) is 1.87. The lowest BCUT2D eigenvalue weighted by molar-refractivity contribution is 0.0987. The molecule has 12 heavy (non-hydrogen) atoms. The first-order valence-corrected chi connectivity index (χ1v) is 4.73. The van der Waals surface area contributed by atoms with Crippen molar-refractivity contribution in [3.63, 3.8) is 0 Å². The Morgan fingerprint density at radius 2 is 2.17 bits per heavy atom. The van der Waals surface area contributed by atoms with Gasteiger partial charge in [0.15, 0.2) is 5.78 Å². The highest BCUT2D eigenvalue weighted by atomic mass is 79.9. The van der Waals surface area contributed by atoms with Crippen molar-refractivity contribution >= 4 is 21.7 Å². The molecule has 0 fully saturated rings. The molecule has 0 N–H and O–H groups in total. The van der Waals surface area contributed by atoms with Crippen LogP contribution in [0.3, 0.4) is 0 Å². The van der Waals surface area contributed by atoms with E-state index < -0.39 is 0 Å². The summed E-state index contributed by atoms with van der Waals surface area (Å²) < 4.78 is 1.02. The van der Waals surface area contributed by atoms with E-state index in [9.17, 15) is 4.79 Å². The molecular formula is C10H11BrO. The van der Waals surface area contributed by atoms with E-state index in [0.717, 1.165) is 15.6 Å². The van der Waals surface area contributed by atoms with Crippen LogP contribution < -0.4 is 0 Å². The summed E-state index contributed by atoms with van der Waals surface area (Å²) in [6.07, 6.45) is 0.572. The lowest BCUT2D eigenvalue weighted by Gasteiger charge is -2.02. The number of hydrogen-bond acceptors (Lipinski definition) is 1. The number of carbonyl (C=O) groups excluding carboxylic acids is 1. The number of carbonyl (C=O) groups is 1. The van der Waals surface area contributed by atoms with Gasteiger partial charge in [0.1, 0.15) is 0 Å². The van der Waals surface area contributed by atoms with Gasteiger partial charge in [-0.05, 0) is 24.6 Å². The van der Waals surface area contributed by atoms with Crippen molar-refractivity contribution < 1.29 is 4.79 Å². The second-order valence-corrected chi connectivity index (χ2v) is 3.65. The van der Waals surface area contributed by atoms with Crippen LogP contribution in [0.1, 0.15) is 29.3 Å². The van der Waals surface area contributed by atoms with Gasteiger partial charge in [-0.1, -0.05) is 28.9 Å². The summed E-state index contributed by atoms with van der Waals surface area (Å²) >= 11 is 3.36. The Hall–Kier alpha value is -0.630. The highest BCUT2D eigenvalue weighted by molar-refractivity contribution is 9.10. The molecular weight excluding hydrogens is 216 g/mol. The summed E-state index contributed by atoms with van der Waals surface area (Å²) in [6, 6.07) is 5.73. The molecule has 0 saturated heterocycles. The third-order valence-corrected chi connectivity index (χ3v) is 2.30. The van der Waals surface area contributed by atoms with Crippen molar-refractivity contribution in [1.82, 2.24) is 0 Å². The fourth-order valence-electron chi connectivity index (χ4n) is 1.13. The molecule has 0 aliphatic rings. The van der Waals surface area contributed by atoms with Gasteiger partial charge in [0.05, 0.1) is 0 Å². The van der Waals surface area contributed by atoms with E-state index in [2.05, 4.69) is 15.9 Å². The van der Waals surface area contributed by atoms with Gasteiger partial charge in [0, 0.05) is 16.5 Å². The van der Waals surface area contributed by atoms with Gasteiger partial charge in [-0.25, -0.2) is 0 Å². The van der Waals surface area contributed by atoms with Crippen LogP contribution in [0.4, 0.5) is 0 Å². The Kier molecular flexibility index (Phi) is 3.04. The number of aryl methyl sites for hydroxylation is 1. The second kappa shape index (κ2) is 3.85. The molecule has 0 radical (unpaired) electrons. The Bertz CT molecular complexity index is 305. The topological polar surface area (TPSA) is 17.1 Å². The summed E-state index contributed by atoms with van der Waals surface area (Å²) in [6.45, 7) is 3.83. The quantitative estimate of drug-likeness (QED) is 0.708. The normalized spacial score (nSPS) is 9.92. The van der Waals surface area contributed by atoms with E-state index in [1.165, 1.54) is 0 Å². The van der Waals surface area contributed by atoms with E-state index >= 15 is 0 Å². The molecule has 0 aromatic heterocycles. The van der Waals surface area contributed by atoms with Crippen molar-refractivity contribution in [2.45, 2.75) is 20.3 Å². The average molecular weight is 227 g/mol. The van der Waals surface area contributed by atoms with Gasteiger partial charge in [-0.3, -0.25) is 4.79 Å². The van der Waals surface area contributed by atoms with Crippen LogP contribution in [0.5, 0.6) is 0 Å². The molecule has 1 aromatic rings. The van der Waals surface area contributed by atoms with Crippen molar-refractivity contribution in [2.75, 3.05) is 0 Å². The van der Waals surface area contributed by atoms with Gasteiger partial charge in [-0.2, -0.15) is 0 Å². The largest absolute Gasteiger partial charge is 0.294 e. The number of Topliss-reactive ketones (excluding diaryl/α,β-unsaturated/α-hetero) is 1. The molecule has 1 rings (SSSR count). The maximum atomic E-state index is 11.3. The fraction of sp³-hybridized carbons (Fsp3) is 0.300. The molecule has 1 nitrogen and oxygen atoms in total. The SMILES string of the molecule is CCC(=O)c1ccc(Br)cc1C. The fourth-order valence-corrected chi connectivity index (χ4v) is 1.61. The highest BCUT2D eigenvalue weighted by Gasteiger charge is 2.05. The zero-order chi connectivity index (χ0) is 9.14. The predicted octanol–water partition coefficient (Wildman–Crippen LogP) is 3.35. The zero-order valence-electron chi connectivity index (χ0n) is 7.23. The third-order valence-electron chi connectivity index (χ3n) is 1.81. The van der Waals surface area contributed by atoms with Gasteiger partial charge in [0.25, 0.3) is 0 Å². The first kappa shape index (κ1) is 9.46. The lowest BCUT2D eigenvalue weighted by atomic mass is 10.0. The van der Waals surface area contributed by atoms with E-state index in [4.69, 9.17) is 0 Å². The molecule has 2 heteroatoms. The summed E-state index contributed by atoms with van der Waals surface area (Å²) in [5, 5.41) is 0. The van der Waals surface area contributed by atoms with Crippen LogP contribution in [0.2, 0.25) is 0 Å². The van der Waals surface area contributed by atoms with E-state index in [-0.39, 0.29) is 5.78 Å². The van der Waals surface area contributed by atoms with Crippen molar-refractivity contribution in [3.05, 3.63) is 33.8 Å². The first-order chi connectivity index (χ1) is 5.65. The molecule has 0 aliphatic heterocycles. The van der Waals surface area contributed by atoms with Gasteiger partial charge >= 0.3 is 0 Å². The smallest absolute Gasteiger partial charge is 0.162 e. The van der Waals surface area contributed by atoms with E-state index in [1.807, 2.05) is 32.0 Å². The average Bonchev–Trinajstić information content (AvgIpc) is 2.03. The molecule has 0 saturated carbocycles. The maximum Gasteiger partial charge on any atom is 0.162 e. The van der Waals surface area contributed by atoms with E-state index in [0.29, 0.717) is 6.42 Å². The third kappa shape index (κ3) is 1.95. The molecule has 1 aromatic carbocycles. The predicted molar refractivity (Wildman–Crippen MR) is 53.5 cm³/mol. The minimum atomic E-state index is 0.208. The van der Waals surface area contributed by atoms with Crippen LogP contribution in [0, 0.1) is 6.92 Å². The Morgan fingerprint density at radius 1 is 1.50 bits per heavy atom. The maximum absolute atomic E-state index is 11.3. The monoisotopic (exact) mass is 226 g/mol. The number of benzene rings is 1. The Labute approximate surface area is 80.9 Å². The van der Waals surface area contributed by atoms with Gasteiger partial charge < -0.3 is 0 Å². The summed E-state index contributed by atoms with van der Waals surface area (Å²) in [4.78, 5) is 11.3. The molecule has 0 heterocycles. The summed E-state index contributed by atoms with van der Waals surface area (Å²) in [5.74, 6) is 0.208. The number of hydrogen-bond donors (Lipinski definition) is 0. The molecule has 0 aliphatic carbocycles. The number of halogens is 1. The van der Waals surface area contributed by atoms with Gasteiger partial charge in [0.2, 0.25) is 0 Å². The zero-order valence-corrected chi connectivity index (χ0v) is 8.81. The first-order valence-electron chi connectivity index (χ1n) is 3.94. The van der Waals surface area contributed by atoms with Crippen LogP contribution >= 0.6 is 15.9 Å². The minimum Gasteiger partial charge on any atom is -0.294 e. The van der Waals surface area contributed by atoms with Crippen molar-refractivity contribution in [2.24, 2.45) is 0 Å². The summed E-state index contributed by atoms with van der Waals surface area (Å²) in [7, 11) is 0. The standard InChI is InChI=1S/C10H11BrO/c1-3-10(12)9-5-4-8(11)6-7(9)2/h4-6H,3H2,1-2H3. The van der Waals surface area contributed by atoms with Gasteiger partial charge in [-0.15, -0.1) is 0 Å². The molecule has 0 unspecified atom stereocenters. The lowest BCUT2D eigenvalue weighted by Crippen LogP contribution is -1.98. The van der Waals surface area contributed by atoms with E-state index in [1.54, 1.807) is 0 Å². The van der Waals surface area contributed by atoms with Crippen LogP contribution in [0.15, 0.2) is 22.7 Å². The van der Waals surface area contributed by atoms with Crippen molar-refractivity contribution in [3.8, 4) is 0 Å². The molecule has 0 atom stereocenters. The second-order valence-electron chi connectivity index (χ2n) is 2.74.